The third-order valence-corrected chi connectivity index (χ3v) is 2.71. The average Bonchev–Trinajstić information content (AvgIpc) is 2.65. The molecule has 0 spiro atoms. The number of amides is 1. The van der Waals surface area contributed by atoms with E-state index in [1.165, 1.54) is 0 Å². The molecule has 1 aliphatic heterocycles. The van der Waals surface area contributed by atoms with Gasteiger partial charge in [0.15, 0.2) is 0 Å². The van der Waals surface area contributed by atoms with Crippen molar-refractivity contribution in [3.05, 3.63) is 0 Å². The van der Waals surface area contributed by atoms with Crippen molar-refractivity contribution >= 4 is 5.91 Å². The van der Waals surface area contributed by atoms with Crippen LogP contribution < -0.4 is 5.73 Å². The third kappa shape index (κ3) is 2.69. The van der Waals surface area contributed by atoms with Crippen LogP contribution in [0.1, 0.15) is 26.2 Å². The first-order chi connectivity index (χ1) is 6.69. The van der Waals surface area contributed by atoms with Crippen LogP contribution >= 0.6 is 0 Å². The summed E-state index contributed by atoms with van der Waals surface area (Å²) in [4.78, 5) is 13.6. The second-order valence-electron chi connectivity index (χ2n) is 3.83. The molecule has 1 saturated heterocycles. The van der Waals surface area contributed by atoms with E-state index in [4.69, 9.17) is 10.5 Å². The predicted molar refractivity (Wildman–Crippen MR) is 54.9 cm³/mol. The maximum atomic E-state index is 11.7. The topological polar surface area (TPSA) is 55.6 Å². The zero-order valence-corrected chi connectivity index (χ0v) is 9.03. The highest BCUT2D eigenvalue weighted by atomic mass is 16.5. The van der Waals surface area contributed by atoms with Crippen molar-refractivity contribution in [3.63, 3.8) is 0 Å². The molecule has 0 bridgehead atoms. The number of methoxy groups -OCH3 is 1. The van der Waals surface area contributed by atoms with Crippen molar-refractivity contribution < 1.29 is 9.53 Å². The monoisotopic (exact) mass is 200 g/mol. The van der Waals surface area contributed by atoms with E-state index >= 15 is 0 Å². The van der Waals surface area contributed by atoms with E-state index in [1.807, 2.05) is 11.8 Å². The number of ether oxygens (including phenoxy) is 1. The van der Waals surface area contributed by atoms with Gasteiger partial charge in [-0.2, -0.15) is 0 Å². The molecule has 0 aliphatic carbocycles. The summed E-state index contributed by atoms with van der Waals surface area (Å²) in [6, 6.07) is -0.324. The third-order valence-electron chi connectivity index (χ3n) is 2.71. The second kappa shape index (κ2) is 5.32. The molecule has 82 valence electrons. The SMILES string of the molecule is CCC[C@@H](N)C(=O)N1CCC(OC)C1. The lowest BCUT2D eigenvalue weighted by Crippen LogP contribution is -2.42. The van der Waals surface area contributed by atoms with Gasteiger partial charge in [-0.15, -0.1) is 0 Å². The molecular formula is C10H20N2O2. The minimum Gasteiger partial charge on any atom is -0.380 e. The standard InChI is InChI=1S/C10H20N2O2/c1-3-4-9(11)10(13)12-6-5-8(7-12)14-2/h8-9H,3-7,11H2,1-2H3/t8?,9-/m1/s1. The van der Waals surface area contributed by atoms with Crippen molar-refractivity contribution in [1.29, 1.82) is 0 Å². The number of hydrogen-bond donors (Lipinski definition) is 1. The Balaban J connectivity index is 2.38. The van der Waals surface area contributed by atoms with E-state index in [2.05, 4.69) is 0 Å². The Kier molecular flexibility index (Phi) is 4.35. The largest absolute Gasteiger partial charge is 0.380 e. The number of carbonyl (C=O) groups excluding carboxylic acids is 1. The fourth-order valence-electron chi connectivity index (χ4n) is 1.79. The summed E-state index contributed by atoms with van der Waals surface area (Å²) in [5.74, 6) is 0.0754. The van der Waals surface area contributed by atoms with Crippen molar-refractivity contribution in [2.24, 2.45) is 5.73 Å². The Morgan fingerprint density at radius 3 is 2.93 bits per heavy atom. The Labute approximate surface area is 85.4 Å². The number of rotatable bonds is 4. The molecule has 0 aromatic heterocycles. The van der Waals surface area contributed by atoms with Crippen molar-refractivity contribution in [2.75, 3.05) is 20.2 Å². The zero-order chi connectivity index (χ0) is 10.6. The van der Waals surface area contributed by atoms with E-state index < -0.39 is 0 Å². The molecule has 0 aromatic rings. The van der Waals surface area contributed by atoms with Crippen LogP contribution in [0.2, 0.25) is 0 Å². The molecule has 1 rings (SSSR count). The first-order valence-corrected chi connectivity index (χ1v) is 5.26. The molecule has 4 nitrogen and oxygen atoms in total. The highest BCUT2D eigenvalue weighted by Gasteiger charge is 2.28. The molecule has 1 fully saturated rings. The summed E-state index contributed by atoms with van der Waals surface area (Å²) < 4.78 is 5.20. The van der Waals surface area contributed by atoms with E-state index in [9.17, 15) is 4.79 Å². The van der Waals surface area contributed by atoms with Gasteiger partial charge in [-0.05, 0) is 12.8 Å². The van der Waals surface area contributed by atoms with Gasteiger partial charge in [0.1, 0.15) is 0 Å². The first-order valence-electron chi connectivity index (χ1n) is 5.26. The Hall–Kier alpha value is -0.610. The van der Waals surface area contributed by atoms with Crippen LogP contribution in [0.3, 0.4) is 0 Å². The molecular weight excluding hydrogens is 180 g/mol. The van der Waals surface area contributed by atoms with Gasteiger partial charge in [0.25, 0.3) is 0 Å². The van der Waals surface area contributed by atoms with Crippen LogP contribution in [-0.4, -0.2) is 43.2 Å². The van der Waals surface area contributed by atoms with Crippen LogP contribution in [0.25, 0.3) is 0 Å². The van der Waals surface area contributed by atoms with Gasteiger partial charge in [-0.25, -0.2) is 0 Å². The molecule has 0 radical (unpaired) electrons. The molecule has 0 saturated carbocycles. The fraction of sp³-hybridized carbons (Fsp3) is 0.900. The predicted octanol–water partition coefficient (Wildman–Crippen LogP) is 0.361. The minimum absolute atomic E-state index is 0.0754. The minimum atomic E-state index is -0.324. The quantitative estimate of drug-likeness (QED) is 0.713. The summed E-state index contributed by atoms with van der Waals surface area (Å²) in [6.07, 6.45) is 2.86. The van der Waals surface area contributed by atoms with Crippen LogP contribution in [-0.2, 0) is 9.53 Å². The first kappa shape index (κ1) is 11.5. The molecule has 1 heterocycles. The van der Waals surface area contributed by atoms with Gasteiger partial charge in [-0.3, -0.25) is 4.79 Å². The van der Waals surface area contributed by atoms with E-state index in [1.54, 1.807) is 7.11 Å². The van der Waals surface area contributed by atoms with Gasteiger partial charge < -0.3 is 15.4 Å². The highest BCUT2D eigenvalue weighted by Crippen LogP contribution is 2.13. The lowest BCUT2D eigenvalue weighted by Gasteiger charge is -2.20. The number of nitrogens with two attached hydrogens (primary N) is 1. The second-order valence-corrected chi connectivity index (χ2v) is 3.83. The maximum Gasteiger partial charge on any atom is 0.239 e. The van der Waals surface area contributed by atoms with Gasteiger partial charge in [0.05, 0.1) is 12.1 Å². The molecule has 1 amide bonds. The van der Waals surface area contributed by atoms with E-state index in [0.717, 1.165) is 25.8 Å². The van der Waals surface area contributed by atoms with Crippen LogP contribution in [0, 0.1) is 0 Å². The van der Waals surface area contributed by atoms with Gasteiger partial charge in [0, 0.05) is 20.2 Å². The number of carbonyl (C=O) groups is 1. The lowest BCUT2D eigenvalue weighted by molar-refractivity contribution is -0.132. The summed E-state index contributed by atoms with van der Waals surface area (Å²) in [5, 5.41) is 0. The zero-order valence-electron chi connectivity index (χ0n) is 9.03. The van der Waals surface area contributed by atoms with Crippen LogP contribution in [0.5, 0.6) is 0 Å². The van der Waals surface area contributed by atoms with Crippen molar-refractivity contribution in [1.82, 2.24) is 4.90 Å². The molecule has 4 heteroatoms. The van der Waals surface area contributed by atoms with Gasteiger partial charge >= 0.3 is 0 Å². The van der Waals surface area contributed by atoms with Gasteiger partial charge in [0.2, 0.25) is 5.91 Å². The van der Waals surface area contributed by atoms with Crippen molar-refractivity contribution in [3.8, 4) is 0 Å². The Morgan fingerprint density at radius 2 is 2.43 bits per heavy atom. The molecule has 1 aliphatic rings. The molecule has 2 atom stereocenters. The van der Waals surface area contributed by atoms with Crippen LogP contribution in [0.4, 0.5) is 0 Å². The Bertz CT molecular complexity index is 197. The molecule has 0 aromatic carbocycles. The summed E-state index contributed by atoms with van der Waals surface area (Å²) in [6.45, 7) is 3.52. The lowest BCUT2D eigenvalue weighted by atomic mass is 10.1. The normalized spacial score (nSPS) is 23.9. The Morgan fingerprint density at radius 1 is 1.71 bits per heavy atom. The smallest absolute Gasteiger partial charge is 0.239 e. The van der Waals surface area contributed by atoms with E-state index in [-0.39, 0.29) is 18.1 Å². The summed E-state index contributed by atoms with van der Waals surface area (Å²) in [5.41, 5.74) is 5.76. The van der Waals surface area contributed by atoms with Gasteiger partial charge in [-0.1, -0.05) is 13.3 Å². The highest BCUT2D eigenvalue weighted by molar-refractivity contribution is 5.81. The number of nitrogens with zero attached hydrogens (tertiary/aromatic N) is 1. The number of hydrogen-bond acceptors (Lipinski definition) is 3. The average molecular weight is 200 g/mol. The summed E-state index contributed by atoms with van der Waals surface area (Å²) in [7, 11) is 1.69. The van der Waals surface area contributed by atoms with Crippen molar-refractivity contribution in [2.45, 2.75) is 38.3 Å². The van der Waals surface area contributed by atoms with Crippen LogP contribution in [0.15, 0.2) is 0 Å². The molecule has 1 unspecified atom stereocenters. The molecule has 2 N–H and O–H groups in total. The molecule has 14 heavy (non-hydrogen) atoms. The summed E-state index contributed by atoms with van der Waals surface area (Å²) >= 11 is 0. The van der Waals surface area contributed by atoms with E-state index in [0.29, 0.717) is 6.54 Å². The maximum absolute atomic E-state index is 11.7. The number of likely N-dealkylation sites (tertiary alicyclic amines) is 1. The fourth-order valence-corrected chi connectivity index (χ4v) is 1.79.